The molecule has 1 aromatic carbocycles. The molecule has 1 aliphatic rings. The van der Waals surface area contributed by atoms with Crippen molar-refractivity contribution in [2.45, 2.75) is 19.4 Å². The number of sulfonamides is 1. The summed E-state index contributed by atoms with van der Waals surface area (Å²) in [4.78, 5) is 29.1. The number of methoxy groups -OCH3 is 1. The van der Waals surface area contributed by atoms with E-state index < -0.39 is 22.9 Å². The van der Waals surface area contributed by atoms with Crippen molar-refractivity contribution >= 4 is 39.0 Å². The molecule has 0 bridgehead atoms. The van der Waals surface area contributed by atoms with Crippen molar-refractivity contribution in [2.24, 2.45) is 5.92 Å². The molecular formula is C21H24N8O6S. The first-order valence-corrected chi connectivity index (χ1v) is 12.4. The van der Waals surface area contributed by atoms with Gasteiger partial charge in [0.25, 0.3) is 11.8 Å². The first-order chi connectivity index (χ1) is 18.3. The number of nitrogens with one attached hydrogen (secondary N) is 4. The van der Waals surface area contributed by atoms with Crippen LogP contribution in [0.5, 0.6) is 5.75 Å². The molecule has 1 saturated carbocycles. The maximum absolute atomic E-state index is 12.7. The monoisotopic (exact) mass is 519 g/mol. The molecule has 0 spiro atoms. The van der Waals surface area contributed by atoms with E-state index in [1.165, 1.54) is 13.2 Å². The normalized spacial score (nSPS) is 14.8. The minimum Gasteiger partial charge on any atom is -0.494 e. The number of anilines is 3. The number of para-hydroxylation sites is 1. The van der Waals surface area contributed by atoms with Gasteiger partial charge < -0.3 is 25.2 Å². The van der Waals surface area contributed by atoms with Crippen molar-refractivity contribution in [1.29, 1.82) is 0 Å². The summed E-state index contributed by atoms with van der Waals surface area (Å²) in [5.41, 5.74) is 0.296. The Hall–Kier alpha value is -4.11. The van der Waals surface area contributed by atoms with E-state index in [1.54, 1.807) is 18.2 Å². The number of rotatable bonds is 10. The van der Waals surface area contributed by atoms with Crippen LogP contribution in [0.15, 0.2) is 28.8 Å². The molecule has 15 heteroatoms. The van der Waals surface area contributed by atoms with Crippen LogP contribution >= 0.6 is 0 Å². The summed E-state index contributed by atoms with van der Waals surface area (Å²) in [6, 6.07) is 6.17. The van der Waals surface area contributed by atoms with Crippen molar-refractivity contribution in [1.82, 2.24) is 30.4 Å². The van der Waals surface area contributed by atoms with Gasteiger partial charge in [-0.05, 0) is 25.0 Å². The summed E-state index contributed by atoms with van der Waals surface area (Å²) in [6.07, 6.45) is 2.51. The van der Waals surface area contributed by atoms with Gasteiger partial charge in [-0.25, -0.2) is 13.1 Å². The second-order valence-electron chi connectivity index (χ2n) is 7.83. The van der Waals surface area contributed by atoms with Crippen LogP contribution in [0.1, 0.15) is 33.3 Å². The first-order valence-electron chi connectivity index (χ1n) is 12.1. The summed E-state index contributed by atoms with van der Waals surface area (Å²) in [7, 11) is -2.10. The van der Waals surface area contributed by atoms with E-state index in [2.05, 4.69) is 35.7 Å². The van der Waals surface area contributed by atoms with E-state index in [0.717, 1.165) is 19.1 Å². The molecule has 0 radical (unpaired) electrons. The van der Waals surface area contributed by atoms with Crippen molar-refractivity contribution in [3.63, 3.8) is 0 Å². The van der Waals surface area contributed by atoms with Gasteiger partial charge in [-0.1, -0.05) is 11.2 Å². The molecular weight excluding hydrogens is 492 g/mol. The Balaban J connectivity index is 1.67. The summed E-state index contributed by atoms with van der Waals surface area (Å²) in [5.74, 6) is -1.04. The predicted octanol–water partition coefficient (Wildman–Crippen LogP) is 1.04. The first kappa shape index (κ1) is 21.2. The third-order valence-electron chi connectivity index (χ3n) is 5.00. The van der Waals surface area contributed by atoms with Gasteiger partial charge in [0.1, 0.15) is 0 Å². The lowest BCUT2D eigenvalue weighted by atomic mass is 10.1. The SMILES string of the molecule is [2H]C([2H])([2H])NC(=O)c1nnc(NC(=O)C2CC2)cc1Nc1cccc(-c2nc(CNS(C)(=O)=O)no2)c1OC. The molecule has 0 aliphatic heterocycles. The highest BCUT2D eigenvalue weighted by Gasteiger charge is 2.30. The summed E-state index contributed by atoms with van der Waals surface area (Å²) < 4.78 is 57.8. The second-order valence-corrected chi connectivity index (χ2v) is 9.66. The topological polar surface area (TPSA) is 190 Å². The second kappa shape index (κ2) is 10.2. The molecule has 0 saturated heterocycles. The maximum Gasteiger partial charge on any atom is 0.273 e. The largest absolute Gasteiger partial charge is 0.494 e. The lowest BCUT2D eigenvalue weighted by Gasteiger charge is -2.15. The summed E-state index contributed by atoms with van der Waals surface area (Å²) in [5, 5.41) is 18.9. The standard InChI is InChI=1S/C21H24N8O6S/c1-22-20(31)17-14(9-15(27-28-17)25-19(30)11-7-8-11)24-13-6-4-5-12(18(13)34-2)21-26-16(29-35-21)10-23-36(3,32)33/h4-6,9,11,23H,7-8,10H2,1-3H3,(H,22,31)(H2,24,25,27,30)/i1D3. The fourth-order valence-corrected chi connectivity index (χ4v) is 3.54. The Labute approximate surface area is 210 Å². The number of carbonyl (C=O) groups is 2. The average molecular weight is 520 g/mol. The molecule has 4 rings (SSSR count). The summed E-state index contributed by atoms with van der Waals surface area (Å²) in [6.45, 7) is -2.98. The molecule has 2 amide bonds. The van der Waals surface area contributed by atoms with Crippen LogP contribution in [0.4, 0.5) is 17.2 Å². The molecule has 1 fully saturated rings. The fourth-order valence-electron chi connectivity index (χ4n) is 3.15. The quantitative estimate of drug-likeness (QED) is 0.299. The molecule has 14 nitrogen and oxygen atoms in total. The fraction of sp³-hybridized carbons (Fsp3) is 0.333. The number of carbonyl (C=O) groups excluding carboxylic acids is 2. The van der Waals surface area contributed by atoms with E-state index >= 15 is 0 Å². The maximum atomic E-state index is 12.7. The highest BCUT2D eigenvalue weighted by atomic mass is 32.2. The van der Waals surface area contributed by atoms with Crippen molar-refractivity contribution in [3.8, 4) is 17.2 Å². The van der Waals surface area contributed by atoms with Gasteiger partial charge in [0, 0.05) is 23.1 Å². The highest BCUT2D eigenvalue weighted by molar-refractivity contribution is 7.88. The molecule has 36 heavy (non-hydrogen) atoms. The van der Waals surface area contributed by atoms with Crippen LogP contribution in [0.2, 0.25) is 0 Å². The van der Waals surface area contributed by atoms with Crippen LogP contribution in [0.25, 0.3) is 11.5 Å². The Morgan fingerprint density at radius 1 is 1.25 bits per heavy atom. The lowest BCUT2D eigenvalue weighted by molar-refractivity contribution is -0.117. The van der Waals surface area contributed by atoms with E-state index in [0.29, 0.717) is 11.3 Å². The van der Waals surface area contributed by atoms with E-state index in [4.69, 9.17) is 13.4 Å². The van der Waals surface area contributed by atoms with Crippen LogP contribution in [-0.2, 0) is 21.4 Å². The third kappa shape index (κ3) is 5.92. The van der Waals surface area contributed by atoms with E-state index in [9.17, 15) is 18.0 Å². The Morgan fingerprint density at radius 3 is 2.75 bits per heavy atom. The van der Waals surface area contributed by atoms with Crippen molar-refractivity contribution < 1.29 is 31.4 Å². The predicted molar refractivity (Wildman–Crippen MR) is 128 cm³/mol. The molecule has 4 N–H and O–H groups in total. The number of aromatic nitrogens is 4. The lowest BCUT2D eigenvalue weighted by Crippen LogP contribution is -2.22. The zero-order valence-electron chi connectivity index (χ0n) is 22.2. The van der Waals surface area contributed by atoms with Crippen molar-refractivity contribution in [3.05, 3.63) is 35.8 Å². The minimum atomic E-state index is -3.48. The molecule has 2 aromatic heterocycles. The summed E-state index contributed by atoms with van der Waals surface area (Å²) >= 11 is 0. The van der Waals surface area contributed by atoms with Crippen LogP contribution < -0.4 is 25.4 Å². The number of benzene rings is 1. The number of hydrogen-bond donors (Lipinski definition) is 4. The zero-order chi connectivity index (χ0) is 28.4. The van der Waals surface area contributed by atoms with Crippen LogP contribution in [-0.4, -0.2) is 60.9 Å². The van der Waals surface area contributed by atoms with Gasteiger partial charge in [-0.15, -0.1) is 10.2 Å². The molecule has 2 heterocycles. The average Bonchev–Trinajstić information content (AvgIpc) is 3.59. The molecule has 0 unspecified atom stereocenters. The van der Waals surface area contributed by atoms with E-state index in [1.807, 2.05) is 5.32 Å². The number of ether oxygens (including phenoxy) is 1. The van der Waals surface area contributed by atoms with Gasteiger partial charge in [0.15, 0.2) is 23.1 Å². The highest BCUT2D eigenvalue weighted by Crippen LogP contribution is 2.38. The van der Waals surface area contributed by atoms with Gasteiger partial charge >= 0.3 is 0 Å². The van der Waals surface area contributed by atoms with Crippen molar-refractivity contribution in [2.75, 3.05) is 31.0 Å². The van der Waals surface area contributed by atoms with Gasteiger partial charge in [-0.3, -0.25) is 9.59 Å². The van der Waals surface area contributed by atoms with Gasteiger partial charge in [-0.2, -0.15) is 4.98 Å². The zero-order valence-corrected chi connectivity index (χ0v) is 20.0. The smallest absolute Gasteiger partial charge is 0.273 e. The van der Waals surface area contributed by atoms with Crippen LogP contribution in [0, 0.1) is 5.92 Å². The molecule has 0 atom stereocenters. The Bertz CT molecular complexity index is 1510. The van der Waals surface area contributed by atoms with Gasteiger partial charge in [0.2, 0.25) is 15.9 Å². The number of nitrogens with zero attached hydrogens (tertiary/aromatic N) is 4. The third-order valence-corrected chi connectivity index (χ3v) is 5.67. The Morgan fingerprint density at radius 2 is 2.06 bits per heavy atom. The van der Waals surface area contributed by atoms with Gasteiger partial charge in [0.05, 0.1) is 36.8 Å². The molecule has 3 aromatic rings. The number of hydrogen-bond acceptors (Lipinski definition) is 11. The molecule has 190 valence electrons. The van der Waals surface area contributed by atoms with E-state index in [-0.39, 0.29) is 53.0 Å². The van der Waals surface area contributed by atoms with Crippen LogP contribution in [0.3, 0.4) is 0 Å². The Kier molecular flexibility index (Phi) is 6.03. The number of amides is 2. The molecule has 1 aliphatic carbocycles. The minimum absolute atomic E-state index is 0.0198.